The summed E-state index contributed by atoms with van der Waals surface area (Å²) in [5.74, 6) is 0.454. The summed E-state index contributed by atoms with van der Waals surface area (Å²) >= 11 is 0. The van der Waals surface area contributed by atoms with Gasteiger partial charge in [0.1, 0.15) is 11.5 Å². The number of rotatable bonds is 7. The fourth-order valence-electron chi connectivity index (χ4n) is 1.38. The Morgan fingerprint density at radius 1 is 1.44 bits per heavy atom. The highest BCUT2D eigenvalue weighted by molar-refractivity contribution is 5.92. The highest BCUT2D eigenvalue weighted by Gasteiger charge is 2.11. The standard InChI is InChI=1S/C12H20N4O2/c1-4-13-11-8-14-10(7-15-11)12(17)16-9(2)5-6-18-3/h7-9H,4-6H2,1-3H3,(H,13,15)(H,16,17). The minimum atomic E-state index is -0.214. The average molecular weight is 252 g/mol. The monoisotopic (exact) mass is 252 g/mol. The zero-order valence-electron chi connectivity index (χ0n) is 11.1. The van der Waals surface area contributed by atoms with Gasteiger partial charge in [-0.15, -0.1) is 0 Å². The number of aromatic nitrogens is 2. The Balaban J connectivity index is 2.50. The van der Waals surface area contributed by atoms with Crippen LogP contribution in [-0.2, 0) is 4.74 Å². The normalized spacial score (nSPS) is 11.9. The van der Waals surface area contributed by atoms with Crippen LogP contribution in [0.25, 0.3) is 0 Å². The highest BCUT2D eigenvalue weighted by Crippen LogP contribution is 2.01. The molecule has 0 fully saturated rings. The van der Waals surface area contributed by atoms with Crippen molar-refractivity contribution in [2.45, 2.75) is 26.3 Å². The van der Waals surface area contributed by atoms with Gasteiger partial charge in [0.25, 0.3) is 5.91 Å². The lowest BCUT2D eigenvalue weighted by atomic mass is 10.2. The number of carbonyl (C=O) groups is 1. The van der Waals surface area contributed by atoms with Crippen molar-refractivity contribution in [3.05, 3.63) is 18.1 Å². The van der Waals surface area contributed by atoms with Gasteiger partial charge in [-0.05, 0) is 20.3 Å². The Labute approximate surface area is 107 Å². The van der Waals surface area contributed by atoms with E-state index in [0.717, 1.165) is 13.0 Å². The molecule has 6 nitrogen and oxygen atoms in total. The second-order valence-corrected chi connectivity index (χ2v) is 3.97. The lowest BCUT2D eigenvalue weighted by molar-refractivity contribution is 0.0924. The molecule has 18 heavy (non-hydrogen) atoms. The van der Waals surface area contributed by atoms with Crippen LogP contribution in [0.5, 0.6) is 0 Å². The number of nitrogens with zero attached hydrogens (tertiary/aromatic N) is 2. The maximum Gasteiger partial charge on any atom is 0.271 e. The molecule has 0 aliphatic carbocycles. The van der Waals surface area contributed by atoms with Crippen molar-refractivity contribution in [1.29, 1.82) is 0 Å². The molecule has 6 heteroatoms. The largest absolute Gasteiger partial charge is 0.385 e. The molecular formula is C12H20N4O2. The first-order valence-electron chi connectivity index (χ1n) is 6.03. The lowest BCUT2D eigenvalue weighted by Gasteiger charge is -2.12. The maximum atomic E-state index is 11.8. The molecule has 1 aromatic rings. The van der Waals surface area contributed by atoms with Crippen LogP contribution in [0.15, 0.2) is 12.4 Å². The van der Waals surface area contributed by atoms with E-state index < -0.39 is 0 Å². The lowest BCUT2D eigenvalue weighted by Crippen LogP contribution is -2.33. The zero-order valence-corrected chi connectivity index (χ0v) is 11.1. The van der Waals surface area contributed by atoms with Gasteiger partial charge in [0.05, 0.1) is 12.4 Å². The predicted molar refractivity (Wildman–Crippen MR) is 69.6 cm³/mol. The molecule has 0 aromatic carbocycles. The number of carbonyl (C=O) groups excluding carboxylic acids is 1. The summed E-state index contributed by atoms with van der Waals surface area (Å²) in [4.78, 5) is 20.0. The molecule has 0 bridgehead atoms. The van der Waals surface area contributed by atoms with Crippen LogP contribution in [0.3, 0.4) is 0 Å². The fraction of sp³-hybridized carbons (Fsp3) is 0.583. The van der Waals surface area contributed by atoms with Crippen molar-refractivity contribution in [1.82, 2.24) is 15.3 Å². The van der Waals surface area contributed by atoms with E-state index in [9.17, 15) is 4.79 Å². The third kappa shape index (κ3) is 4.67. The van der Waals surface area contributed by atoms with Crippen molar-refractivity contribution < 1.29 is 9.53 Å². The van der Waals surface area contributed by atoms with Gasteiger partial charge in [-0.2, -0.15) is 0 Å². The quantitative estimate of drug-likeness (QED) is 0.759. The Morgan fingerprint density at radius 2 is 2.22 bits per heavy atom. The average Bonchev–Trinajstić information content (AvgIpc) is 2.37. The third-order valence-corrected chi connectivity index (χ3v) is 2.37. The van der Waals surface area contributed by atoms with E-state index in [0.29, 0.717) is 18.1 Å². The minimum Gasteiger partial charge on any atom is -0.385 e. The summed E-state index contributed by atoms with van der Waals surface area (Å²) < 4.78 is 4.95. The third-order valence-electron chi connectivity index (χ3n) is 2.37. The zero-order chi connectivity index (χ0) is 13.4. The molecule has 1 atom stereocenters. The molecule has 0 aliphatic heterocycles. The molecular weight excluding hydrogens is 232 g/mol. The Kier molecular flexibility index (Phi) is 6.07. The van der Waals surface area contributed by atoms with Gasteiger partial charge < -0.3 is 15.4 Å². The van der Waals surface area contributed by atoms with Gasteiger partial charge in [-0.3, -0.25) is 4.79 Å². The summed E-state index contributed by atoms with van der Waals surface area (Å²) in [6.07, 6.45) is 3.79. The second kappa shape index (κ2) is 7.60. The topological polar surface area (TPSA) is 76.1 Å². The SMILES string of the molecule is CCNc1cnc(C(=O)NC(C)CCOC)cn1. The second-order valence-electron chi connectivity index (χ2n) is 3.97. The minimum absolute atomic E-state index is 0.0488. The number of nitrogens with one attached hydrogen (secondary N) is 2. The Hall–Kier alpha value is -1.69. The van der Waals surface area contributed by atoms with Gasteiger partial charge in [0.15, 0.2) is 0 Å². The van der Waals surface area contributed by atoms with E-state index in [1.165, 1.54) is 6.20 Å². The molecule has 0 spiro atoms. The molecule has 0 saturated carbocycles. The molecule has 1 heterocycles. The van der Waals surface area contributed by atoms with Crippen molar-refractivity contribution in [3.63, 3.8) is 0 Å². The predicted octanol–water partition coefficient (Wildman–Crippen LogP) is 1.06. The van der Waals surface area contributed by atoms with Crippen LogP contribution in [0, 0.1) is 0 Å². The Bertz CT molecular complexity index is 367. The number of anilines is 1. The first-order chi connectivity index (χ1) is 8.67. The van der Waals surface area contributed by atoms with Crippen LogP contribution in [0.1, 0.15) is 30.8 Å². The smallest absolute Gasteiger partial charge is 0.271 e. The Morgan fingerprint density at radius 3 is 2.78 bits per heavy atom. The number of amides is 1. The summed E-state index contributed by atoms with van der Waals surface area (Å²) in [6.45, 7) is 5.29. The van der Waals surface area contributed by atoms with Crippen LogP contribution in [0.2, 0.25) is 0 Å². The number of methoxy groups -OCH3 is 1. The molecule has 0 radical (unpaired) electrons. The van der Waals surface area contributed by atoms with Crippen molar-refractivity contribution in [2.75, 3.05) is 25.6 Å². The van der Waals surface area contributed by atoms with E-state index in [1.54, 1.807) is 13.3 Å². The fourth-order valence-corrected chi connectivity index (χ4v) is 1.38. The van der Waals surface area contributed by atoms with Gasteiger partial charge in [0, 0.05) is 26.3 Å². The molecule has 100 valence electrons. The summed E-state index contributed by atoms with van der Waals surface area (Å²) in [7, 11) is 1.64. The summed E-state index contributed by atoms with van der Waals surface area (Å²) in [6, 6.07) is 0.0488. The first kappa shape index (κ1) is 14.4. The van der Waals surface area contributed by atoms with E-state index >= 15 is 0 Å². The summed E-state index contributed by atoms with van der Waals surface area (Å²) in [5.41, 5.74) is 0.320. The molecule has 0 saturated heterocycles. The van der Waals surface area contributed by atoms with E-state index in [4.69, 9.17) is 4.74 Å². The molecule has 1 amide bonds. The molecule has 0 aliphatic rings. The molecule has 1 rings (SSSR count). The molecule has 2 N–H and O–H groups in total. The molecule has 1 unspecified atom stereocenters. The molecule has 1 aromatic heterocycles. The number of hydrogen-bond acceptors (Lipinski definition) is 5. The van der Waals surface area contributed by atoms with Crippen molar-refractivity contribution in [3.8, 4) is 0 Å². The van der Waals surface area contributed by atoms with Gasteiger partial charge in [0.2, 0.25) is 0 Å². The number of ether oxygens (including phenoxy) is 1. The van der Waals surface area contributed by atoms with Gasteiger partial charge in [-0.25, -0.2) is 9.97 Å². The van der Waals surface area contributed by atoms with Crippen LogP contribution in [0.4, 0.5) is 5.82 Å². The van der Waals surface area contributed by atoms with E-state index in [2.05, 4.69) is 20.6 Å². The van der Waals surface area contributed by atoms with E-state index in [1.807, 2.05) is 13.8 Å². The number of hydrogen-bond donors (Lipinski definition) is 2. The maximum absolute atomic E-state index is 11.8. The first-order valence-corrected chi connectivity index (χ1v) is 6.03. The van der Waals surface area contributed by atoms with Crippen LogP contribution in [-0.4, -0.2) is 42.2 Å². The highest BCUT2D eigenvalue weighted by atomic mass is 16.5. The van der Waals surface area contributed by atoms with Gasteiger partial charge in [-0.1, -0.05) is 0 Å². The van der Waals surface area contributed by atoms with Gasteiger partial charge >= 0.3 is 0 Å². The van der Waals surface area contributed by atoms with Crippen molar-refractivity contribution >= 4 is 11.7 Å². The van der Waals surface area contributed by atoms with E-state index in [-0.39, 0.29) is 11.9 Å². The van der Waals surface area contributed by atoms with Crippen molar-refractivity contribution in [2.24, 2.45) is 0 Å². The summed E-state index contributed by atoms with van der Waals surface area (Å²) in [5, 5.41) is 5.86. The van der Waals surface area contributed by atoms with Crippen LogP contribution >= 0.6 is 0 Å². The van der Waals surface area contributed by atoms with Crippen LogP contribution < -0.4 is 10.6 Å².